The largest absolute Gasteiger partial charge is 0.444 e. The number of ether oxygens (including phenoxy) is 5. The summed E-state index contributed by atoms with van der Waals surface area (Å²) in [5, 5.41) is 6.40. The molecule has 3 heterocycles. The Balaban J connectivity index is 1.82. The number of hydrogen-bond donors (Lipinski definition) is 1. The van der Waals surface area contributed by atoms with E-state index in [2.05, 4.69) is 15.3 Å². The first-order chi connectivity index (χ1) is 11.6. The summed E-state index contributed by atoms with van der Waals surface area (Å²) < 4.78 is 29.0. The number of carbonyl (C=O) groups excluding carboxylic acids is 1. The van der Waals surface area contributed by atoms with Crippen LogP contribution in [-0.4, -0.2) is 60.8 Å². The van der Waals surface area contributed by atoms with Gasteiger partial charge >= 0.3 is 6.09 Å². The van der Waals surface area contributed by atoms with E-state index in [0.717, 1.165) is 0 Å². The van der Waals surface area contributed by atoms with Crippen LogP contribution >= 0.6 is 0 Å². The number of alkyl carbamates (subject to hydrolysis) is 1. The Hall–Kier alpha value is -1.58. The van der Waals surface area contributed by atoms with E-state index in [1.807, 2.05) is 0 Å². The van der Waals surface area contributed by atoms with Gasteiger partial charge in [0, 0.05) is 4.91 Å². The predicted octanol–water partition coefficient (Wildman–Crippen LogP) is 1.84. The second-order valence-electron chi connectivity index (χ2n) is 7.94. The lowest BCUT2D eigenvalue weighted by Crippen LogP contribution is -2.65. The maximum Gasteiger partial charge on any atom is 0.408 e. The van der Waals surface area contributed by atoms with Gasteiger partial charge in [-0.05, 0) is 40.1 Å². The highest BCUT2D eigenvalue weighted by atomic mass is 16.8. The van der Waals surface area contributed by atoms with Crippen molar-refractivity contribution in [2.45, 2.75) is 76.1 Å². The zero-order chi connectivity index (χ0) is 18.5. The number of carbonyl (C=O) groups is 1. The highest BCUT2D eigenvalue weighted by Gasteiger charge is 2.65. The Morgan fingerprint density at radius 1 is 1.36 bits per heavy atom. The summed E-state index contributed by atoms with van der Waals surface area (Å²) in [6, 6.07) is -0.608. The van der Waals surface area contributed by atoms with Crippen molar-refractivity contribution in [1.82, 2.24) is 5.32 Å². The highest BCUT2D eigenvalue weighted by Crippen LogP contribution is 2.46. The van der Waals surface area contributed by atoms with Gasteiger partial charge in [0.2, 0.25) is 0 Å². The molecular weight excluding hydrogens is 332 g/mol. The predicted molar refractivity (Wildman–Crippen MR) is 84.6 cm³/mol. The molecular formula is C15H24N4O6. The van der Waals surface area contributed by atoms with Gasteiger partial charge in [-0.2, -0.15) is 0 Å². The van der Waals surface area contributed by atoms with Crippen LogP contribution in [0.15, 0.2) is 5.11 Å². The maximum absolute atomic E-state index is 12.2. The molecule has 0 spiro atoms. The highest BCUT2D eigenvalue weighted by molar-refractivity contribution is 5.68. The number of hydrogen-bond acceptors (Lipinski definition) is 7. The lowest BCUT2D eigenvalue weighted by Gasteiger charge is -2.41. The van der Waals surface area contributed by atoms with Crippen molar-refractivity contribution < 1.29 is 28.5 Å². The summed E-state index contributed by atoms with van der Waals surface area (Å²) in [5.74, 6) is -0.861. The van der Waals surface area contributed by atoms with Crippen LogP contribution in [0, 0.1) is 0 Å². The average molecular weight is 356 g/mol. The third kappa shape index (κ3) is 3.54. The van der Waals surface area contributed by atoms with Crippen molar-refractivity contribution in [3.8, 4) is 0 Å². The smallest absolute Gasteiger partial charge is 0.408 e. The van der Waals surface area contributed by atoms with Gasteiger partial charge in [0.05, 0.1) is 13.2 Å². The summed E-state index contributed by atoms with van der Waals surface area (Å²) >= 11 is 0. The molecule has 0 aliphatic carbocycles. The van der Waals surface area contributed by atoms with Gasteiger partial charge in [-0.25, -0.2) is 4.79 Å². The minimum Gasteiger partial charge on any atom is -0.444 e. The van der Waals surface area contributed by atoms with E-state index < -0.39 is 47.6 Å². The molecule has 3 fully saturated rings. The Kier molecular flexibility index (Phi) is 4.37. The van der Waals surface area contributed by atoms with Crippen LogP contribution in [0.5, 0.6) is 0 Å². The molecule has 0 unspecified atom stereocenters. The number of rotatable bonds is 3. The molecule has 1 N–H and O–H groups in total. The molecule has 3 aliphatic rings. The molecule has 0 radical (unpaired) electrons. The Morgan fingerprint density at radius 3 is 2.72 bits per heavy atom. The van der Waals surface area contributed by atoms with Crippen LogP contribution in [0.1, 0.15) is 34.6 Å². The van der Waals surface area contributed by atoms with Crippen molar-refractivity contribution >= 4 is 6.09 Å². The molecule has 3 rings (SSSR count). The summed E-state index contributed by atoms with van der Waals surface area (Å²) in [4.78, 5) is 15.0. The molecule has 0 aromatic rings. The van der Waals surface area contributed by atoms with E-state index >= 15 is 0 Å². The van der Waals surface area contributed by atoms with E-state index in [0.29, 0.717) is 0 Å². The molecule has 10 heteroatoms. The van der Waals surface area contributed by atoms with Crippen molar-refractivity contribution in [3.63, 3.8) is 0 Å². The van der Waals surface area contributed by atoms with Crippen LogP contribution in [0.2, 0.25) is 0 Å². The number of nitrogens with one attached hydrogen (secondary N) is 1. The Labute approximate surface area is 145 Å². The quantitative estimate of drug-likeness (QED) is 0.467. The number of amides is 1. The third-order valence-corrected chi connectivity index (χ3v) is 4.22. The molecule has 2 bridgehead atoms. The molecule has 10 nitrogen and oxygen atoms in total. The molecule has 0 aromatic carbocycles. The first-order valence-corrected chi connectivity index (χ1v) is 8.21. The van der Waals surface area contributed by atoms with Crippen LogP contribution < -0.4 is 5.32 Å². The zero-order valence-electron chi connectivity index (χ0n) is 15.0. The van der Waals surface area contributed by atoms with Crippen molar-refractivity contribution in [3.05, 3.63) is 10.4 Å². The molecule has 3 saturated heterocycles. The van der Waals surface area contributed by atoms with Gasteiger partial charge < -0.3 is 29.0 Å². The van der Waals surface area contributed by atoms with E-state index in [-0.39, 0.29) is 13.2 Å². The van der Waals surface area contributed by atoms with Gasteiger partial charge in [0.15, 0.2) is 12.1 Å². The second-order valence-corrected chi connectivity index (χ2v) is 7.94. The Bertz CT molecular complexity index is 599. The molecule has 5 atom stereocenters. The van der Waals surface area contributed by atoms with E-state index in [9.17, 15) is 4.79 Å². The number of fused-ring (bicyclic) bond motifs is 4. The van der Waals surface area contributed by atoms with Gasteiger partial charge in [-0.1, -0.05) is 5.11 Å². The summed E-state index contributed by atoms with van der Waals surface area (Å²) in [7, 11) is 0. The monoisotopic (exact) mass is 356 g/mol. The number of nitrogens with zero attached hydrogens (tertiary/aromatic N) is 3. The minimum absolute atomic E-state index is 0.0553. The first kappa shape index (κ1) is 18.2. The standard InChI is InChI=1S/C15H24N4O6/c1-13(2,3)25-12(20)18-8-9-10(23-14(4,5)22-9)15(6-17-19-16)7-21-11(8)24-15/h8-11H,6-7H2,1-5H3,(H,18,20)/t8-,9-,10-,11+,15+/m1/s1. The fourth-order valence-electron chi connectivity index (χ4n) is 3.38. The second kappa shape index (κ2) is 6.00. The lowest BCUT2D eigenvalue weighted by molar-refractivity contribution is -0.192. The van der Waals surface area contributed by atoms with Crippen molar-refractivity contribution in [2.24, 2.45) is 5.11 Å². The van der Waals surface area contributed by atoms with Crippen LogP contribution in [0.25, 0.3) is 10.4 Å². The van der Waals surface area contributed by atoms with Crippen LogP contribution in [-0.2, 0) is 23.7 Å². The molecule has 25 heavy (non-hydrogen) atoms. The van der Waals surface area contributed by atoms with Gasteiger partial charge in [0.1, 0.15) is 29.5 Å². The minimum atomic E-state index is -0.929. The maximum atomic E-state index is 12.2. The zero-order valence-corrected chi connectivity index (χ0v) is 15.0. The average Bonchev–Trinajstić information content (AvgIpc) is 3.00. The molecule has 140 valence electrons. The lowest BCUT2D eigenvalue weighted by atomic mass is 9.88. The topological polar surface area (TPSA) is 124 Å². The first-order valence-electron chi connectivity index (χ1n) is 8.21. The molecule has 1 amide bonds. The van der Waals surface area contributed by atoms with Crippen LogP contribution in [0.4, 0.5) is 4.79 Å². The summed E-state index contributed by atoms with van der Waals surface area (Å²) in [6.45, 7) is 9.15. The number of azide groups is 1. The van der Waals surface area contributed by atoms with Gasteiger partial charge in [0.25, 0.3) is 0 Å². The van der Waals surface area contributed by atoms with Crippen molar-refractivity contribution in [2.75, 3.05) is 13.2 Å². The fourth-order valence-corrected chi connectivity index (χ4v) is 3.38. The van der Waals surface area contributed by atoms with Crippen molar-refractivity contribution in [1.29, 1.82) is 0 Å². The molecule has 0 saturated carbocycles. The summed E-state index contributed by atoms with van der Waals surface area (Å²) in [5.41, 5.74) is 7.10. The van der Waals surface area contributed by atoms with E-state index in [1.165, 1.54) is 0 Å². The van der Waals surface area contributed by atoms with E-state index in [1.54, 1.807) is 34.6 Å². The molecule has 0 aromatic heterocycles. The van der Waals surface area contributed by atoms with Gasteiger partial charge in [-0.3, -0.25) is 0 Å². The SMILES string of the molecule is CC(C)(C)OC(=O)N[C@H]1[C@H]2OC[C@](CN=[N+]=[N-])(O2)[C@@H]2OC(C)(C)O[C@H]12. The fraction of sp³-hybridized carbons (Fsp3) is 0.933. The van der Waals surface area contributed by atoms with E-state index in [4.69, 9.17) is 29.2 Å². The van der Waals surface area contributed by atoms with Crippen LogP contribution in [0.3, 0.4) is 0 Å². The normalized spacial score (nSPS) is 38.6. The Morgan fingerprint density at radius 2 is 2.08 bits per heavy atom. The summed E-state index contributed by atoms with van der Waals surface area (Å²) in [6.07, 6.45) is -2.39. The third-order valence-electron chi connectivity index (χ3n) is 4.22. The molecule has 3 aliphatic heterocycles. The van der Waals surface area contributed by atoms with Gasteiger partial charge in [-0.15, -0.1) is 0 Å².